The van der Waals surface area contributed by atoms with Gasteiger partial charge in [-0.05, 0) is 48.2 Å². The summed E-state index contributed by atoms with van der Waals surface area (Å²) in [6.45, 7) is 4.44. The number of nitrogens with one attached hydrogen (secondary N) is 2. The molecule has 0 unspecified atom stereocenters. The van der Waals surface area contributed by atoms with Crippen LogP contribution >= 0.6 is 0 Å². The third kappa shape index (κ3) is 12.4. The highest BCUT2D eigenvalue weighted by Crippen LogP contribution is 2.35. The lowest BCUT2D eigenvalue weighted by Gasteiger charge is -2.14. The molecule has 0 radical (unpaired) electrons. The van der Waals surface area contributed by atoms with Crippen molar-refractivity contribution in [3.63, 3.8) is 0 Å². The second-order valence-electron chi connectivity index (χ2n) is 10.7. The van der Waals surface area contributed by atoms with Crippen molar-refractivity contribution >= 4 is 23.2 Å². The van der Waals surface area contributed by atoms with Crippen LogP contribution in [0.15, 0.2) is 36.4 Å². The molecule has 0 bridgehead atoms. The zero-order valence-electron chi connectivity index (χ0n) is 25.4. The fraction of sp³-hybridized carbons (Fsp3) is 0.588. The molecule has 0 saturated heterocycles. The molecule has 0 aliphatic carbocycles. The minimum atomic E-state index is 0.0119. The van der Waals surface area contributed by atoms with E-state index in [0.29, 0.717) is 35.7 Å². The third-order valence-corrected chi connectivity index (χ3v) is 7.30. The number of hydrogen-bond donors (Lipinski definition) is 2. The molecule has 0 heterocycles. The van der Waals surface area contributed by atoms with Crippen LogP contribution in [0.25, 0.3) is 11.1 Å². The molecule has 0 spiro atoms. The van der Waals surface area contributed by atoms with Crippen LogP contribution in [0, 0.1) is 0 Å². The van der Waals surface area contributed by atoms with Crippen LogP contribution in [0.4, 0.5) is 11.4 Å². The number of hydrogen-bond acceptors (Lipinski definition) is 4. The van der Waals surface area contributed by atoms with E-state index in [4.69, 9.17) is 9.47 Å². The van der Waals surface area contributed by atoms with Gasteiger partial charge in [0, 0.05) is 12.8 Å². The van der Waals surface area contributed by atoms with Gasteiger partial charge in [-0.25, -0.2) is 0 Å². The van der Waals surface area contributed by atoms with Gasteiger partial charge < -0.3 is 20.1 Å². The maximum atomic E-state index is 12.5. The molecule has 0 fully saturated rings. The average molecular weight is 553 g/mol. The van der Waals surface area contributed by atoms with Crippen molar-refractivity contribution in [2.45, 2.75) is 117 Å². The van der Waals surface area contributed by atoms with Crippen LogP contribution in [0.3, 0.4) is 0 Å². The molecule has 2 rings (SSSR count). The van der Waals surface area contributed by atoms with Gasteiger partial charge >= 0.3 is 0 Å². The fourth-order valence-electron chi connectivity index (χ4n) is 4.86. The second kappa shape index (κ2) is 19.9. The highest BCUT2D eigenvalue weighted by Gasteiger charge is 2.13. The van der Waals surface area contributed by atoms with Crippen LogP contribution in [-0.4, -0.2) is 26.0 Å². The molecular formula is C34H52N2O4. The molecule has 222 valence electrons. The van der Waals surface area contributed by atoms with E-state index in [2.05, 4.69) is 24.5 Å². The Bertz CT molecular complexity index is 939. The molecule has 0 saturated carbocycles. The van der Waals surface area contributed by atoms with E-state index in [0.717, 1.165) is 36.8 Å². The fourth-order valence-corrected chi connectivity index (χ4v) is 4.86. The average Bonchev–Trinajstić information content (AvgIpc) is 2.96. The van der Waals surface area contributed by atoms with Gasteiger partial charge in [0.2, 0.25) is 11.8 Å². The summed E-state index contributed by atoms with van der Waals surface area (Å²) in [4.78, 5) is 25.0. The first kappa shape index (κ1) is 33.2. The molecule has 6 nitrogen and oxygen atoms in total. The van der Waals surface area contributed by atoms with E-state index in [1.165, 1.54) is 64.2 Å². The molecule has 0 aliphatic rings. The minimum absolute atomic E-state index is 0.0119. The van der Waals surface area contributed by atoms with Gasteiger partial charge in [0.25, 0.3) is 0 Å². The lowest BCUT2D eigenvalue weighted by Crippen LogP contribution is -2.12. The largest absolute Gasteiger partial charge is 0.495 e. The van der Waals surface area contributed by atoms with E-state index < -0.39 is 0 Å². The number of ether oxygens (including phenoxy) is 2. The number of methoxy groups -OCH3 is 2. The standard InChI is InChI=1S/C34H52N2O4/c1-5-7-9-11-13-15-17-19-33(37)35-29-23-21-27(25-31(29)39-3)28-22-24-30(32(26-28)40-4)36-34(38)20-18-16-14-12-10-8-6-2/h21-26H,5-20H2,1-4H3,(H,35,37)(H,36,38). The van der Waals surface area contributed by atoms with Crippen molar-refractivity contribution in [1.29, 1.82) is 0 Å². The third-order valence-electron chi connectivity index (χ3n) is 7.30. The molecule has 0 aromatic heterocycles. The number of rotatable bonds is 21. The molecular weight excluding hydrogens is 500 g/mol. The summed E-state index contributed by atoms with van der Waals surface area (Å²) in [7, 11) is 3.21. The monoisotopic (exact) mass is 552 g/mol. The highest BCUT2D eigenvalue weighted by atomic mass is 16.5. The molecule has 2 amide bonds. The Labute approximate surface area is 242 Å². The lowest BCUT2D eigenvalue weighted by molar-refractivity contribution is -0.117. The summed E-state index contributed by atoms with van der Waals surface area (Å²) in [6.07, 6.45) is 17.6. The summed E-state index contributed by atoms with van der Waals surface area (Å²) in [6, 6.07) is 11.5. The molecule has 2 N–H and O–H groups in total. The number of carbonyl (C=O) groups is 2. The SMILES string of the molecule is CCCCCCCCCC(=O)Nc1ccc(-c2ccc(NC(=O)CCCCCCCCC)c(OC)c2)cc1OC. The first-order valence-corrected chi connectivity index (χ1v) is 15.5. The smallest absolute Gasteiger partial charge is 0.224 e. The van der Waals surface area contributed by atoms with Gasteiger partial charge in [-0.15, -0.1) is 0 Å². The van der Waals surface area contributed by atoms with Crippen molar-refractivity contribution in [3.8, 4) is 22.6 Å². The van der Waals surface area contributed by atoms with Gasteiger partial charge in [-0.1, -0.05) is 103 Å². The Morgan fingerprint density at radius 1 is 0.550 bits per heavy atom. The zero-order valence-corrected chi connectivity index (χ0v) is 25.4. The van der Waals surface area contributed by atoms with Crippen molar-refractivity contribution in [2.75, 3.05) is 24.9 Å². The molecule has 2 aromatic rings. The lowest BCUT2D eigenvalue weighted by atomic mass is 10.0. The van der Waals surface area contributed by atoms with Crippen LogP contribution in [0.2, 0.25) is 0 Å². The highest BCUT2D eigenvalue weighted by molar-refractivity contribution is 5.94. The van der Waals surface area contributed by atoms with E-state index in [1.54, 1.807) is 14.2 Å². The Morgan fingerprint density at radius 3 is 1.25 bits per heavy atom. The van der Waals surface area contributed by atoms with Gasteiger partial charge in [0.1, 0.15) is 11.5 Å². The number of benzene rings is 2. The van der Waals surface area contributed by atoms with E-state index >= 15 is 0 Å². The summed E-state index contributed by atoms with van der Waals surface area (Å²) < 4.78 is 11.2. The first-order chi connectivity index (χ1) is 19.5. The predicted octanol–water partition coefficient (Wildman–Crippen LogP) is 9.53. The van der Waals surface area contributed by atoms with Crippen molar-refractivity contribution in [3.05, 3.63) is 36.4 Å². The Kier molecular flexibility index (Phi) is 16.5. The summed E-state index contributed by atoms with van der Waals surface area (Å²) in [5.41, 5.74) is 3.20. The number of carbonyl (C=O) groups excluding carboxylic acids is 2. The van der Waals surface area contributed by atoms with Gasteiger partial charge in [-0.3, -0.25) is 9.59 Å². The van der Waals surface area contributed by atoms with Crippen LogP contribution in [0.5, 0.6) is 11.5 Å². The second-order valence-corrected chi connectivity index (χ2v) is 10.7. The van der Waals surface area contributed by atoms with Crippen molar-refractivity contribution in [1.82, 2.24) is 0 Å². The maximum Gasteiger partial charge on any atom is 0.224 e. The van der Waals surface area contributed by atoms with Crippen LogP contribution < -0.4 is 20.1 Å². The molecule has 6 heteroatoms. The van der Waals surface area contributed by atoms with Gasteiger partial charge in [-0.2, -0.15) is 0 Å². The minimum Gasteiger partial charge on any atom is -0.495 e. The van der Waals surface area contributed by atoms with E-state index in [9.17, 15) is 9.59 Å². The van der Waals surface area contributed by atoms with Crippen molar-refractivity contribution in [2.24, 2.45) is 0 Å². The van der Waals surface area contributed by atoms with E-state index in [1.807, 2.05) is 36.4 Å². The number of anilines is 2. The summed E-state index contributed by atoms with van der Waals surface area (Å²) in [5.74, 6) is 1.24. The Hall–Kier alpha value is -3.02. The summed E-state index contributed by atoms with van der Waals surface area (Å²) >= 11 is 0. The van der Waals surface area contributed by atoms with Gasteiger partial charge in [0.15, 0.2) is 0 Å². The quantitative estimate of drug-likeness (QED) is 0.151. The van der Waals surface area contributed by atoms with Crippen LogP contribution in [0.1, 0.15) is 117 Å². The van der Waals surface area contributed by atoms with E-state index in [-0.39, 0.29) is 11.8 Å². The Morgan fingerprint density at radius 2 is 0.900 bits per heavy atom. The number of unbranched alkanes of at least 4 members (excludes halogenated alkanes) is 12. The molecule has 2 aromatic carbocycles. The first-order valence-electron chi connectivity index (χ1n) is 15.5. The maximum absolute atomic E-state index is 12.5. The molecule has 0 atom stereocenters. The normalized spacial score (nSPS) is 10.8. The zero-order chi connectivity index (χ0) is 29.0. The Balaban J connectivity index is 1.91. The van der Waals surface area contributed by atoms with Gasteiger partial charge in [0.05, 0.1) is 25.6 Å². The molecule has 0 aliphatic heterocycles. The topological polar surface area (TPSA) is 76.7 Å². The van der Waals surface area contributed by atoms with Crippen LogP contribution in [-0.2, 0) is 9.59 Å². The predicted molar refractivity (Wildman–Crippen MR) is 167 cm³/mol. The molecule has 40 heavy (non-hydrogen) atoms. The number of amides is 2. The van der Waals surface area contributed by atoms with Crippen molar-refractivity contribution < 1.29 is 19.1 Å². The summed E-state index contributed by atoms with van der Waals surface area (Å²) in [5, 5.41) is 6.00.